The number of likely N-dealkylation sites (tertiary alicyclic amines) is 2. The first kappa shape index (κ1) is 19.9. The van der Waals surface area contributed by atoms with Crippen molar-refractivity contribution in [3.05, 3.63) is 35.4 Å². The van der Waals surface area contributed by atoms with Gasteiger partial charge in [0.25, 0.3) is 5.91 Å². The van der Waals surface area contributed by atoms with Gasteiger partial charge in [0.05, 0.1) is 18.8 Å². The normalized spacial score (nSPS) is 28.0. The summed E-state index contributed by atoms with van der Waals surface area (Å²) in [6.45, 7) is 7.38. The zero-order valence-electron chi connectivity index (χ0n) is 17.1. The minimum absolute atomic E-state index is 0.177. The third-order valence-corrected chi connectivity index (χ3v) is 6.97. The van der Waals surface area contributed by atoms with E-state index in [0.29, 0.717) is 0 Å². The van der Waals surface area contributed by atoms with Crippen LogP contribution < -0.4 is 0 Å². The number of carbonyl (C=O) groups excluding carboxylic acids is 1. The Kier molecular flexibility index (Phi) is 6.04. The van der Waals surface area contributed by atoms with E-state index in [1.54, 1.807) is 0 Å². The van der Waals surface area contributed by atoms with Gasteiger partial charge in [0.2, 0.25) is 0 Å². The topological polar surface area (TPSA) is 53.0 Å². The SMILES string of the molecule is CCc1ccccc1C(=O)N1CCC2(CC1)CO[C@H](CN1CCC[C@H](O)C1)C2. The number of hydrogen-bond acceptors (Lipinski definition) is 4. The Labute approximate surface area is 168 Å². The highest BCUT2D eigenvalue weighted by molar-refractivity contribution is 5.95. The summed E-state index contributed by atoms with van der Waals surface area (Å²) in [7, 11) is 0. The maximum atomic E-state index is 13.0. The zero-order chi connectivity index (χ0) is 19.6. The van der Waals surface area contributed by atoms with Crippen molar-refractivity contribution in [2.45, 2.75) is 57.7 Å². The first-order chi connectivity index (χ1) is 13.6. The van der Waals surface area contributed by atoms with Gasteiger partial charge in [-0.15, -0.1) is 0 Å². The van der Waals surface area contributed by atoms with Gasteiger partial charge in [0.15, 0.2) is 0 Å². The average molecular weight is 387 g/mol. The molecule has 1 aromatic rings. The summed E-state index contributed by atoms with van der Waals surface area (Å²) in [4.78, 5) is 17.4. The van der Waals surface area contributed by atoms with Crippen LogP contribution in [0.3, 0.4) is 0 Å². The highest BCUT2D eigenvalue weighted by Gasteiger charge is 2.43. The van der Waals surface area contributed by atoms with E-state index in [1.807, 2.05) is 23.1 Å². The van der Waals surface area contributed by atoms with Crippen LogP contribution in [-0.2, 0) is 11.2 Å². The molecule has 0 bridgehead atoms. The Morgan fingerprint density at radius 2 is 2.04 bits per heavy atom. The van der Waals surface area contributed by atoms with Crippen LogP contribution in [0.2, 0.25) is 0 Å². The third-order valence-electron chi connectivity index (χ3n) is 6.97. The Morgan fingerprint density at radius 1 is 1.25 bits per heavy atom. The molecule has 5 nitrogen and oxygen atoms in total. The van der Waals surface area contributed by atoms with Gasteiger partial charge >= 0.3 is 0 Å². The highest BCUT2D eigenvalue weighted by atomic mass is 16.5. The molecule has 154 valence electrons. The van der Waals surface area contributed by atoms with E-state index < -0.39 is 0 Å². The Morgan fingerprint density at radius 3 is 2.79 bits per heavy atom. The maximum absolute atomic E-state index is 13.0. The molecular weight excluding hydrogens is 352 g/mol. The molecule has 0 aliphatic carbocycles. The van der Waals surface area contributed by atoms with Gasteiger partial charge in [-0.2, -0.15) is 0 Å². The fraction of sp³-hybridized carbons (Fsp3) is 0.696. The van der Waals surface area contributed by atoms with Crippen molar-refractivity contribution >= 4 is 5.91 Å². The summed E-state index contributed by atoms with van der Waals surface area (Å²) in [6.07, 6.45) is 6.15. The van der Waals surface area contributed by atoms with Crippen molar-refractivity contribution in [3.63, 3.8) is 0 Å². The van der Waals surface area contributed by atoms with E-state index in [1.165, 1.54) is 0 Å². The summed E-state index contributed by atoms with van der Waals surface area (Å²) in [5.74, 6) is 0.185. The first-order valence-electron chi connectivity index (χ1n) is 11.0. The van der Waals surface area contributed by atoms with Crippen molar-refractivity contribution in [2.75, 3.05) is 39.3 Å². The molecule has 3 fully saturated rings. The zero-order valence-corrected chi connectivity index (χ0v) is 17.1. The number of carbonyl (C=O) groups is 1. The quantitative estimate of drug-likeness (QED) is 0.865. The van der Waals surface area contributed by atoms with Gasteiger partial charge in [0, 0.05) is 31.7 Å². The van der Waals surface area contributed by atoms with Gasteiger partial charge in [-0.1, -0.05) is 25.1 Å². The summed E-state index contributed by atoms with van der Waals surface area (Å²) < 4.78 is 6.17. The van der Waals surface area contributed by atoms with E-state index in [4.69, 9.17) is 4.74 Å². The molecule has 3 aliphatic rings. The monoisotopic (exact) mass is 386 g/mol. The van der Waals surface area contributed by atoms with Crippen molar-refractivity contribution in [3.8, 4) is 0 Å². The number of rotatable bonds is 4. The number of ether oxygens (including phenoxy) is 1. The van der Waals surface area contributed by atoms with Gasteiger partial charge < -0.3 is 14.7 Å². The lowest BCUT2D eigenvalue weighted by Gasteiger charge is -2.39. The lowest BCUT2D eigenvalue weighted by atomic mass is 9.76. The van der Waals surface area contributed by atoms with Crippen LogP contribution in [0.5, 0.6) is 0 Å². The van der Waals surface area contributed by atoms with Crippen LogP contribution in [0.1, 0.15) is 54.9 Å². The minimum atomic E-state index is -0.177. The minimum Gasteiger partial charge on any atom is -0.392 e. The molecule has 0 radical (unpaired) electrons. The van der Waals surface area contributed by atoms with Gasteiger partial charge in [-0.05, 0) is 62.1 Å². The number of aliphatic hydroxyl groups excluding tert-OH is 1. The lowest BCUT2D eigenvalue weighted by molar-refractivity contribution is 0.0227. The Bertz CT molecular complexity index is 684. The van der Waals surface area contributed by atoms with Crippen molar-refractivity contribution in [2.24, 2.45) is 5.41 Å². The van der Waals surface area contributed by atoms with E-state index in [-0.39, 0.29) is 23.5 Å². The second-order valence-electron chi connectivity index (χ2n) is 9.00. The molecule has 3 saturated heterocycles. The number of hydrogen-bond donors (Lipinski definition) is 1. The number of amides is 1. The lowest BCUT2D eigenvalue weighted by Crippen LogP contribution is -2.44. The van der Waals surface area contributed by atoms with E-state index >= 15 is 0 Å². The predicted octanol–water partition coefficient (Wildman–Crippen LogP) is 2.72. The standard InChI is InChI=1S/C23H34N2O3/c1-2-18-6-3-4-8-21(18)22(27)25-12-9-23(10-13-25)14-20(28-17-23)16-24-11-5-7-19(26)15-24/h3-4,6,8,19-20,26H,2,5,7,9-17H2,1H3/t19-,20-/m0/s1. The van der Waals surface area contributed by atoms with Crippen LogP contribution in [0.25, 0.3) is 0 Å². The van der Waals surface area contributed by atoms with Crippen LogP contribution in [0, 0.1) is 5.41 Å². The van der Waals surface area contributed by atoms with Crippen LogP contribution in [0.4, 0.5) is 0 Å². The van der Waals surface area contributed by atoms with Crippen LogP contribution in [0.15, 0.2) is 24.3 Å². The second kappa shape index (κ2) is 8.52. The molecule has 0 saturated carbocycles. The third kappa shape index (κ3) is 4.27. The Hall–Kier alpha value is -1.43. The van der Waals surface area contributed by atoms with E-state index in [0.717, 1.165) is 89.0 Å². The molecule has 5 heteroatoms. The maximum Gasteiger partial charge on any atom is 0.254 e. The molecular formula is C23H34N2O3. The number of aryl methyl sites for hydroxylation is 1. The molecule has 1 aromatic carbocycles. The molecule has 1 amide bonds. The van der Waals surface area contributed by atoms with Gasteiger partial charge in [0.1, 0.15) is 0 Å². The summed E-state index contributed by atoms with van der Waals surface area (Å²) in [5.41, 5.74) is 2.24. The van der Waals surface area contributed by atoms with E-state index in [9.17, 15) is 9.90 Å². The molecule has 3 heterocycles. The van der Waals surface area contributed by atoms with Crippen molar-refractivity contribution in [1.82, 2.24) is 9.80 Å². The second-order valence-corrected chi connectivity index (χ2v) is 9.00. The molecule has 1 N–H and O–H groups in total. The molecule has 2 atom stereocenters. The van der Waals surface area contributed by atoms with Gasteiger partial charge in [-0.25, -0.2) is 0 Å². The first-order valence-corrected chi connectivity index (χ1v) is 11.0. The molecule has 4 rings (SSSR count). The number of piperidine rings is 2. The molecule has 0 unspecified atom stereocenters. The molecule has 28 heavy (non-hydrogen) atoms. The smallest absolute Gasteiger partial charge is 0.254 e. The van der Waals surface area contributed by atoms with Crippen LogP contribution >= 0.6 is 0 Å². The number of aliphatic hydroxyl groups is 1. The summed E-state index contributed by atoms with van der Waals surface area (Å²) in [5, 5.41) is 9.89. The highest BCUT2D eigenvalue weighted by Crippen LogP contribution is 2.42. The number of nitrogens with zero attached hydrogens (tertiary/aromatic N) is 2. The van der Waals surface area contributed by atoms with E-state index in [2.05, 4.69) is 17.9 Å². The van der Waals surface area contributed by atoms with Crippen LogP contribution in [-0.4, -0.2) is 72.4 Å². The van der Waals surface area contributed by atoms with Gasteiger partial charge in [-0.3, -0.25) is 9.69 Å². The fourth-order valence-corrected chi connectivity index (χ4v) is 5.24. The Balaban J connectivity index is 1.31. The summed E-state index contributed by atoms with van der Waals surface area (Å²) in [6, 6.07) is 8.00. The van der Waals surface area contributed by atoms with Crippen molar-refractivity contribution in [1.29, 1.82) is 0 Å². The molecule has 3 aliphatic heterocycles. The van der Waals surface area contributed by atoms with Crippen molar-refractivity contribution < 1.29 is 14.6 Å². The average Bonchev–Trinajstić information content (AvgIpc) is 3.10. The summed E-state index contributed by atoms with van der Waals surface area (Å²) >= 11 is 0. The number of benzene rings is 1. The molecule has 0 aromatic heterocycles. The molecule has 1 spiro atoms. The largest absolute Gasteiger partial charge is 0.392 e. The predicted molar refractivity (Wildman–Crippen MR) is 109 cm³/mol. The number of β-amino-alcohol motifs (C(OH)–C–C–N with tert-alkyl or cyclic N) is 1. The fourth-order valence-electron chi connectivity index (χ4n) is 5.24.